The highest BCUT2D eigenvalue weighted by Crippen LogP contribution is 2.36. The second-order valence-electron chi connectivity index (χ2n) is 5.13. The van der Waals surface area contributed by atoms with E-state index >= 15 is 0 Å². The molecule has 0 bridgehead atoms. The summed E-state index contributed by atoms with van der Waals surface area (Å²) >= 11 is 0. The van der Waals surface area contributed by atoms with Crippen molar-refractivity contribution >= 4 is 27.7 Å². The molecule has 0 amide bonds. The number of aromatic hydroxyl groups is 1. The number of carbonyl (C=O) groups excluding carboxylic acids is 1. The summed E-state index contributed by atoms with van der Waals surface area (Å²) in [5, 5.41) is 11.7. The van der Waals surface area contributed by atoms with Crippen LogP contribution in [-0.2, 0) is 0 Å². The lowest BCUT2D eigenvalue weighted by atomic mass is 9.97. The van der Waals surface area contributed by atoms with Crippen molar-refractivity contribution in [2.45, 2.75) is 0 Å². The Morgan fingerprint density at radius 3 is 2.36 bits per heavy atom. The number of phenolic OH excluding ortho intramolecular Hbond substituents is 1. The van der Waals surface area contributed by atoms with Crippen LogP contribution >= 0.6 is 0 Å². The number of rotatable bonds is 2. The Bertz CT molecular complexity index is 997. The van der Waals surface area contributed by atoms with Gasteiger partial charge in [-0.15, -0.1) is 0 Å². The molecule has 3 heteroatoms. The summed E-state index contributed by atoms with van der Waals surface area (Å²) in [7, 11) is 0. The number of para-hydroxylation sites is 1. The van der Waals surface area contributed by atoms with Crippen molar-refractivity contribution in [3.05, 3.63) is 77.9 Å². The molecule has 4 rings (SSSR count). The van der Waals surface area contributed by atoms with E-state index in [0.29, 0.717) is 22.1 Å². The van der Waals surface area contributed by atoms with Crippen molar-refractivity contribution in [2.24, 2.45) is 0 Å². The maximum Gasteiger partial charge on any atom is 0.197 e. The highest BCUT2D eigenvalue weighted by Gasteiger charge is 2.21. The predicted molar refractivity (Wildman–Crippen MR) is 85.3 cm³/mol. The maximum atomic E-state index is 12.8. The third-order valence-electron chi connectivity index (χ3n) is 3.78. The smallest absolute Gasteiger partial charge is 0.197 e. The molecular weight excluding hydrogens is 276 g/mol. The third-order valence-corrected chi connectivity index (χ3v) is 3.78. The number of hydrogen-bond donors (Lipinski definition) is 1. The molecule has 3 nitrogen and oxygen atoms in total. The van der Waals surface area contributed by atoms with Crippen molar-refractivity contribution in [2.75, 3.05) is 0 Å². The van der Waals surface area contributed by atoms with E-state index in [-0.39, 0.29) is 17.1 Å². The fourth-order valence-corrected chi connectivity index (χ4v) is 2.77. The van der Waals surface area contributed by atoms with Gasteiger partial charge >= 0.3 is 0 Å². The Morgan fingerprint density at radius 2 is 1.55 bits per heavy atom. The molecule has 1 aromatic heterocycles. The zero-order chi connectivity index (χ0) is 15.1. The molecule has 1 heterocycles. The molecule has 3 aromatic carbocycles. The van der Waals surface area contributed by atoms with Crippen LogP contribution in [0.4, 0.5) is 0 Å². The first-order valence-electron chi connectivity index (χ1n) is 6.98. The SMILES string of the molecule is O=C(c1ccccc1)c1c(O)ccc2oc3ccccc3c12. The Balaban J connectivity index is 2.08. The Hall–Kier alpha value is -3.07. The highest BCUT2D eigenvalue weighted by molar-refractivity contribution is 6.23. The fraction of sp³-hybridized carbons (Fsp3) is 0. The van der Waals surface area contributed by atoms with Crippen LogP contribution < -0.4 is 0 Å². The number of fused-ring (bicyclic) bond motifs is 3. The second kappa shape index (κ2) is 4.74. The van der Waals surface area contributed by atoms with Gasteiger partial charge in [0.15, 0.2) is 5.78 Å². The lowest BCUT2D eigenvalue weighted by molar-refractivity contribution is 0.103. The molecule has 0 spiro atoms. The first-order valence-corrected chi connectivity index (χ1v) is 6.98. The molecule has 106 valence electrons. The predicted octanol–water partition coefficient (Wildman–Crippen LogP) is 4.52. The first-order chi connectivity index (χ1) is 10.8. The van der Waals surface area contributed by atoms with Crippen LogP contribution in [-0.4, -0.2) is 10.9 Å². The number of furan rings is 1. The second-order valence-corrected chi connectivity index (χ2v) is 5.13. The minimum atomic E-state index is -0.213. The molecule has 0 saturated carbocycles. The summed E-state index contributed by atoms with van der Waals surface area (Å²) < 4.78 is 5.77. The number of benzene rings is 3. The van der Waals surface area contributed by atoms with Gasteiger partial charge in [0, 0.05) is 16.3 Å². The van der Waals surface area contributed by atoms with Gasteiger partial charge in [0.25, 0.3) is 0 Å². The van der Waals surface area contributed by atoms with E-state index in [1.54, 1.807) is 30.3 Å². The van der Waals surface area contributed by atoms with Crippen molar-refractivity contribution in [3.8, 4) is 5.75 Å². The standard InChI is InChI=1S/C19H12O3/c20-14-10-11-16-17(13-8-4-5-9-15(13)22-16)18(14)19(21)12-6-2-1-3-7-12/h1-11,20H. The molecule has 0 fully saturated rings. The zero-order valence-corrected chi connectivity index (χ0v) is 11.6. The topological polar surface area (TPSA) is 50.4 Å². The van der Waals surface area contributed by atoms with Crippen molar-refractivity contribution in [1.82, 2.24) is 0 Å². The van der Waals surface area contributed by atoms with Gasteiger partial charge in [-0.1, -0.05) is 48.5 Å². The summed E-state index contributed by atoms with van der Waals surface area (Å²) in [6.07, 6.45) is 0. The average Bonchev–Trinajstić information content (AvgIpc) is 2.94. The summed E-state index contributed by atoms with van der Waals surface area (Å²) in [5.74, 6) is -0.247. The molecule has 0 aliphatic rings. The van der Waals surface area contributed by atoms with E-state index in [1.807, 2.05) is 30.3 Å². The van der Waals surface area contributed by atoms with Crippen LogP contribution in [0.15, 0.2) is 71.1 Å². The molecule has 0 unspecified atom stereocenters. The van der Waals surface area contributed by atoms with Gasteiger partial charge < -0.3 is 9.52 Å². The molecule has 4 aromatic rings. The van der Waals surface area contributed by atoms with Gasteiger partial charge in [0.2, 0.25) is 0 Å². The first kappa shape index (κ1) is 12.7. The van der Waals surface area contributed by atoms with E-state index < -0.39 is 0 Å². The molecule has 0 saturated heterocycles. The van der Waals surface area contributed by atoms with Crippen LogP contribution in [0.1, 0.15) is 15.9 Å². The van der Waals surface area contributed by atoms with Crippen molar-refractivity contribution in [3.63, 3.8) is 0 Å². The number of phenols is 1. The summed E-state index contributed by atoms with van der Waals surface area (Å²) in [5.41, 5.74) is 2.12. The van der Waals surface area contributed by atoms with Gasteiger partial charge in [-0.2, -0.15) is 0 Å². The molecule has 0 atom stereocenters. The molecule has 0 aliphatic carbocycles. The highest BCUT2D eigenvalue weighted by atomic mass is 16.3. The van der Waals surface area contributed by atoms with E-state index in [1.165, 1.54) is 6.07 Å². The summed E-state index contributed by atoms with van der Waals surface area (Å²) in [4.78, 5) is 12.8. The molecule has 0 radical (unpaired) electrons. The molecule has 1 N–H and O–H groups in total. The lowest BCUT2D eigenvalue weighted by Gasteiger charge is -2.05. The van der Waals surface area contributed by atoms with Crippen LogP contribution in [0.25, 0.3) is 21.9 Å². The van der Waals surface area contributed by atoms with E-state index in [2.05, 4.69) is 0 Å². The fourth-order valence-electron chi connectivity index (χ4n) is 2.77. The van der Waals surface area contributed by atoms with Gasteiger partial charge in [-0.05, 0) is 18.2 Å². The van der Waals surface area contributed by atoms with E-state index in [9.17, 15) is 9.90 Å². The van der Waals surface area contributed by atoms with Gasteiger partial charge in [-0.25, -0.2) is 0 Å². The maximum absolute atomic E-state index is 12.8. The monoisotopic (exact) mass is 288 g/mol. The quantitative estimate of drug-likeness (QED) is 0.552. The van der Waals surface area contributed by atoms with Gasteiger partial charge in [0.05, 0.1) is 5.56 Å². The number of carbonyl (C=O) groups is 1. The Kier molecular flexibility index (Phi) is 2.73. The van der Waals surface area contributed by atoms with E-state index in [4.69, 9.17) is 4.42 Å². The van der Waals surface area contributed by atoms with Crippen LogP contribution in [0.5, 0.6) is 5.75 Å². The molecular formula is C19H12O3. The van der Waals surface area contributed by atoms with Gasteiger partial charge in [0.1, 0.15) is 16.9 Å². The largest absolute Gasteiger partial charge is 0.507 e. The zero-order valence-electron chi connectivity index (χ0n) is 11.6. The van der Waals surface area contributed by atoms with Crippen LogP contribution in [0.2, 0.25) is 0 Å². The van der Waals surface area contributed by atoms with Crippen molar-refractivity contribution < 1.29 is 14.3 Å². The third kappa shape index (κ3) is 1.79. The molecule has 22 heavy (non-hydrogen) atoms. The Labute approximate surface area is 126 Å². The normalized spacial score (nSPS) is 11.1. The minimum absolute atomic E-state index is 0.0343. The number of ketones is 1. The summed E-state index contributed by atoms with van der Waals surface area (Å²) in [6.45, 7) is 0. The van der Waals surface area contributed by atoms with E-state index in [0.717, 1.165) is 5.39 Å². The van der Waals surface area contributed by atoms with Crippen LogP contribution in [0, 0.1) is 0 Å². The Morgan fingerprint density at radius 1 is 0.818 bits per heavy atom. The van der Waals surface area contributed by atoms with Crippen LogP contribution in [0.3, 0.4) is 0 Å². The van der Waals surface area contributed by atoms with Crippen molar-refractivity contribution in [1.29, 1.82) is 0 Å². The average molecular weight is 288 g/mol. The molecule has 0 aliphatic heterocycles. The summed E-state index contributed by atoms with van der Waals surface area (Å²) in [6, 6.07) is 19.6. The minimum Gasteiger partial charge on any atom is -0.507 e. The number of hydrogen-bond acceptors (Lipinski definition) is 3. The van der Waals surface area contributed by atoms with Gasteiger partial charge in [-0.3, -0.25) is 4.79 Å². The lowest BCUT2D eigenvalue weighted by Crippen LogP contribution is -2.02.